The topological polar surface area (TPSA) is 82.9 Å². The summed E-state index contributed by atoms with van der Waals surface area (Å²) in [6, 6.07) is 10.5. The normalized spacial score (nSPS) is 11.2. The number of benzene rings is 1. The number of para-hydroxylation sites is 1. The molecule has 0 atom stereocenters. The third-order valence-electron chi connectivity index (χ3n) is 2.22. The van der Waals surface area contributed by atoms with Crippen molar-refractivity contribution in [3.63, 3.8) is 0 Å². The summed E-state index contributed by atoms with van der Waals surface area (Å²) in [4.78, 5) is 4.11. The number of hydrogen-bond acceptors (Lipinski definition) is 4. The molecule has 1 N–H and O–H groups in total. The Balaban J connectivity index is 2.47. The maximum atomic E-state index is 11.7. The molecule has 0 amide bonds. The van der Waals surface area contributed by atoms with E-state index in [9.17, 15) is 8.42 Å². The molecule has 0 fully saturated rings. The summed E-state index contributed by atoms with van der Waals surface area (Å²) in [6.45, 7) is -0.255. The zero-order valence-corrected chi connectivity index (χ0v) is 9.61. The number of hydrogen-bond donors (Lipinski definition) is 1. The summed E-state index contributed by atoms with van der Waals surface area (Å²) >= 11 is 0. The van der Waals surface area contributed by atoms with Crippen molar-refractivity contribution in [2.24, 2.45) is 0 Å². The van der Waals surface area contributed by atoms with E-state index in [-0.39, 0.29) is 11.4 Å². The van der Waals surface area contributed by atoms with Crippen LogP contribution in [-0.2, 0) is 10.0 Å². The lowest BCUT2D eigenvalue weighted by atomic mass is 10.2. The Bertz CT molecular complexity index is 689. The first-order valence-electron chi connectivity index (χ1n) is 4.85. The van der Waals surface area contributed by atoms with Crippen LogP contribution in [0.3, 0.4) is 0 Å². The lowest BCUT2D eigenvalue weighted by Gasteiger charge is -2.04. The van der Waals surface area contributed by atoms with Gasteiger partial charge in [-0.3, -0.25) is 4.98 Å². The quantitative estimate of drug-likeness (QED) is 0.821. The monoisotopic (exact) mass is 247 g/mol. The Morgan fingerprint density at radius 3 is 2.88 bits per heavy atom. The van der Waals surface area contributed by atoms with Crippen molar-refractivity contribution in [2.75, 3.05) is 6.54 Å². The van der Waals surface area contributed by atoms with Crippen LogP contribution < -0.4 is 4.72 Å². The molecule has 0 saturated carbocycles. The average Bonchev–Trinajstić information content (AvgIpc) is 2.36. The number of pyridine rings is 1. The molecular formula is C11H9N3O2S. The van der Waals surface area contributed by atoms with Crippen LogP contribution in [0.5, 0.6) is 0 Å². The number of nitriles is 1. The van der Waals surface area contributed by atoms with Crippen LogP contribution in [0.15, 0.2) is 41.4 Å². The van der Waals surface area contributed by atoms with E-state index in [4.69, 9.17) is 5.26 Å². The number of fused-ring (bicyclic) bond motifs is 1. The van der Waals surface area contributed by atoms with Crippen molar-refractivity contribution in [1.29, 1.82) is 5.26 Å². The van der Waals surface area contributed by atoms with Gasteiger partial charge in [0.1, 0.15) is 4.90 Å². The minimum Gasteiger partial charge on any atom is -0.255 e. The fourth-order valence-electron chi connectivity index (χ4n) is 1.41. The van der Waals surface area contributed by atoms with E-state index in [0.29, 0.717) is 0 Å². The second-order valence-electron chi connectivity index (χ2n) is 3.35. The predicted octanol–water partition coefficient (Wildman–Crippen LogP) is 1.04. The fourth-order valence-corrected chi connectivity index (χ4v) is 2.30. The summed E-state index contributed by atoms with van der Waals surface area (Å²) in [5, 5.41) is 9.10. The highest BCUT2D eigenvalue weighted by Crippen LogP contribution is 2.15. The fraction of sp³-hybridized carbons (Fsp3) is 0.0909. The Hall–Kier alpha value is -1.97. The van der Waals surface area contributed by atoms with E-state index in [0.717, 1.165) is 10.9 Å². The minimum atomic E-state index is -3.65. The van der Waals surface area contributed by atoms with Gasteiger partial charge < -0.3 is 0 Å². The molecular weight excluding hydrogens is 238 g/mol. The molecule has 0 unspecified atom stereocenters. The minimum absolute atomic E-state index is 0.0615. The van der Waals surface area contributed by atoms with Gasteiger partial charge in [-0.25, -0.2) is 8.42 Å². The van der Waals surface area contributed by atoms with Gasteiger partial charge in [-0.1, -0.05) is 18.2 Å². The molecule has 0 saturated heterocycles. The van der Waals surface area contributed by atoms with Gasteiger partial charge in [-0.2, -0.15) is 9.98 Å². The van der Waals surface area contributed by atoms with Crippen molar-refractivity contribution in [1.82, 2.24) is 9.71 Å². The van der Waals surface area contributed by atoms with Crippen molar-refractivity contribution in [3.05, 3.63) is 36.5 Å². The van der Waals surface area contributed by atoms with Gasteiger partial charge in [-0.15, -0.1) is 0 Å². The molecule has 0 aliphatic rings. The maximum Gasteiger partial charge on any atom is 0.243 e. The summed E-state index contributed by atoms with van der Waals surface area (Å²) in [6.07, 6.45) is 1.28. The van der Waals surface area contributed by atoms with Crippen molar-refractivity contribution < 1.29 is 8.42 Å². The molecule has 17 heavy (non-hydrogen) atoms. The number of sulfonamides is 1. The highest BCUT2D eigenvalue weighted by Gasteiger charge is 2.13. The van der Waals surface area contributed by atoms with Crippen molar-refractivity contribution in [2.45, 2.75) is 4.90 Å². The summed E-state index contributed by atoms with van der Waals surface area (Å²) in [5.74, 6) is 0. The van der Waals surface area contributed by atoms with Crippen LogP contribution in [0.25, 0.3) is 10.9 Å². The van der Waals surface area contributed by atoms with Crippen molar-refractivity contribution >= 4 is 20.9 Å². The second kappa shape index (κ2) is 4.49. The molecule has 0 aliphatic carbocycles. The first-order valence-corrected chi connectivity index (χ1v) is 6.33. The number of aromatic nitrogens is 1. The van der Waals surface area contributed by atoms with Gasteiger partial charge in [-0.05, 0) is 12.1 Å². The van der Waals surface area contributed by atoms with E-state index in [1.54, 1.807) is 18.2 Å². The van der Waals surface area contributed by atoms with Crippen LogP contribution in [-0.4, -0.2) is 19.9 Å². The molecule has 0 bridgehead atoms. The van der Waals surface area contributed by atoms with Crippen LogP contribution in [0.2, 0.25) is 0 Å². The van der Waals surface area contributed by atoms with Crippen LogP contribution >= 0.6 is 0 Å². The number of rotatable bonds is 3. The lowest BCUT2D eigenvalue weighted by Crippen LogP contribution is -2.24. The van der Waals surface area contributed by atoms with Gasteiger partial charge in [0, 0.05) is 11.6 Å². The highest BCUT2D eigenvalue weighted by molar-refractivity contribution is 7.89. The molecule has 1 aromatic heterocycles. The van der Waals surface area contributed by atoms with Crippen LogP contribution in [0, 0.1) is 11.3 Å². The Kier molecular flexibility index (Phi) is 3.04. The van der Waals surface area contributed by atoms with Gasteiger partial charge >= 0.3 is 0 Å². The zero-order valence-electron chi connectivity index (χ0n) is 8.79. The molecule has 2 aromatic rings. The molecule has 0 aliphatic heterocycles. The third-order valence-corrected chi connectivity index (χ3v) is 3.59. The molecule has 5 nitrogen and oxygen atoms in total. The molecule has 2 rings (SSSR count). The summed E-state index contributed by atoms with van der Waals surface area (Å²) in [5.41, 5.74) is 0.728. The van der Waals surface area contributed by atoms with E-state index in [1.807, 2.05) is 12.1 Å². The Morgan fingerprint density at radius 1 is 1.35 bits per heavy atom. The highest BCUT2D eigenvalue weighted by atomic mass is 32.2. The van der Waals surface area contributed by atoms with E-state index >= 15 is 0 Å². The second-order valence-corrected chi connectivity index (χ2v) is 5.11. The van der Waals surface area contributed by atoms with Gasteiger partial charge in [0.2, 0.25) is 10.0 Å². The SMILES string of the molecule is N#CCNS(=O)(=O)c1cnc2ccccc2c1. The van der Waals surface area contributed by atoms with E-state index < -0.39 is 10.0 Å². The van der Waals surface area contributed by atoms with Gasteiger partial charge in [0.15, 0.2) is 0 Å². The number of nitrogens with one attached hydrogen (secondary N) is 1. The van der Waals surface area contributed by atoms with Gasteiger partial charge in [0.05, 0.1) is 18.1 Å². The molecule has 6 heteroatoms. The predicted molar refractivity (Wildman–Crippen MR) is 62.5 cm³/mol. The standard InChI is InChI=1S/C11H9N3O2S/c12-5-6-14-17(15,16)10-7-9-3-1-2-4-11(9)13-8-10/h1-4,7-8,14H,6H2. The van der Waals surface area contributed by atoms with Crippen LogP contribution in [0.1, 0.15) is 0 Å². The van der Waals surface area contributed by atoms with E-state index in [1.165, 1.54) is 12.3 Å². The maximum absolute atomic E-state index is 11.7. The largest absolute Gasteiger partial charge is 0.255 e. The van der Waals surface area contributed by atoms with E-state index in [2.05, 4.69) is 9.71 Å². The first kappa shape index (κ1) is 11.5. The lowest BCUT2D eigenvalue weighted by molar-refractivity contribution is 0.585. The summed E-state index contributed by atoms with van der Waals surface area (Å²) in [7, 11) is -3.65. The molecule has 1 heterocycles. The smallest absolute Gasteiger partial charge is 0.243 e. The summed E-state index contributed by atoms with van der Waals surface area (Å²) < 4.78 is 25.6. The average molecular weight is 247 g/mol. The Labute approximate surface area is 98.8 Å². The molecule has 1 aromatic carbocycles. The third kappa shape index (κ3) is 2.41. The molecule has 0 radical (unpaired) electrons. The van der Waals surface area contributed by atoms with Crippen molar-refractivity contribution in [3.8, 4) is 6.07 Å². The van der Waals surface area contributed by atoms with Gasteiger partial charge in [0.25, 0.3) is 0 Å². The first-order chi connectivity index (χ1) is 8.13. The number of nitrogens with zero attached hydrogens (tertiary/aromatic N) is 2. The zero-order chi connectivity index (χ0) is 12.3. The Morgan fingerprint density at radius 2 is 2.12 bits per heavy atom. The van der Waals surface area contributed by atoms with Crippen LogP contribution in [0.4, 0.5) is 0 Å². The molecule has 0 spiro atoms. The molecule has 86 valence electrons.